The summed E-state index contributed by atoms with van der Waals surface area (Å²) in [4.78, 5) is 4.29. The van der Waals surface area contributed by atoms with Crippen LogP contribution in [-0.2, 0) is 18.2 Å². The largest absolute Gasteiger partial charge is 0.381 e. The van der Waals surface area contributed by atoms with Gasteiger partial charge in [-0.25, -0.2) is 4.98 Å². The maximum Gasteiger partial charge on any atom is 0.138 e. The second kappa shape index (κ2) is 6.12. The summed E-state index contributed by atoms with van der Waals surface area (Å²) in [6, 6.07) is 0.556. The molecular formula is C12H22N4O. The number of nitrogens with one attached hydrogen (secondary N) is 1. The van der Waals surface area contributed by atoms with Crippen LogP contribution in [-0.4, -0.2) is 40.6 Å². The maximum atomic E-state index is 5.58. The van der Waals surface area contributed by atoms with Crippen molar-refractivity contribution in [3.05, 3.63) is 12.2 Å². The van der Waals surface area contributed by atoms with Crippen molar-refractivity contribution in [2.45, 2.75) is 32.2 Å². The summed E-state index contributed by atoms with van der Waals surface area (Å²) < 4.78 is 7.44. The topological polar surface area (TPSA) is 52.0 Å². The van der Waals surface area contributed by atoms with E-state index in [4.69, 9.17) is 4.74 Å². The minimum Gasteiger partial charge on any atom is -0.381 e. The second-order valence-electron chi connectivity index (χ2n) is 4.69. The van der Waals surface area contributed by atoms with Crippen molar-refractivity contribution in [1.82, 2.24) is 20.1 Å². The molecule has 0 amide bonds. The van der Waals surface area contributed by atoms with Gasteiger partial charge in [0, 0.05) is 32.0 Å². The van der Waals surface area contributed by atoms with Gasteiger partial charge in [-0.2, -0.15) is 5.10 Å². The Morgan fingerprint density at radius 2 is 2.47 bits per heavy atom. The van der Waals surface area contributed by atoms with E-state index in [0.717, 1.165) is 38.4 Å². The van der Waals surface area contributed by atoms with Crippen LogP contribution in [0.4, 0.5) is 0 Å². The molecule has 2 rings (SSSR count). The first-order valence-corrected chi connectivity index (χ1v) is 6.45. The molecule has 1 fully saturated rings. The third-order valence-corrected chi connectivity index (χ3v) is 3.38. The molecule has 5 heteroatoms. The molecule has 1 aromatic heterocycles. The van der Waals surface area contributed by atoms with Crippen molar-refractivity contribution >= 4 is 0 Å². The van der Waals surface area contributed by atoms with Gasteiger partial charge in [0.05, 0.1) is 6.61 Å². The van der Waals surface area contributed by atoms with Crippen molar-refractivity contribution in [3.63, 3.8) is 0 Å². The van der Waals surface area contributed by atoms with Crippen LogP contribution in [0, 0.1) is 5.92 Å². The number of aryl methyl sites for hydroxylation is 1. The zero-order chi connectivity index (χ0) is 12.1. The molecule has 0 spiro atoms. The SMILES string of the molecule is CCCNC1CCOCC1Cc1ncnn1C. The molecule has 0 aromatic carbocycles. The Kier molecular flexibility index (Phi) is 4.50. The van der Waals surface area contributed by atoms with Crippen LogP contribution in [0.1, 0.15) is 25.6 Å². The number of ether oxygens (including phenoxy) is 1. The number of aromatic nitrogens is 3. The predicted octanol–water partition coefficient (Wildman–Crippen LogP) is 0.762. The first kappa shape index (κ1) is 12.5. The Bertz CT molecular complexity index is 339. The van der Waals surface area contributed by atoms with E-state index in [9.17, 15) is 0 Å². The minimum absolute atomic E-state index is 0.512. The van der Waals surface area contributed by atoms with Crippen molar-refractivity contribution in [2.24, 2.45) is 13.0 Å². The van der Waals surface area contributed by atoms with Gasteiger partial charge >= 0.3 is 0 Å². The lowest BCUT2D eigenvalue weighted by Gasteiger charge is -2.32. The normalized spacial score (nSPS) is 25.1. The molecule has 1 N–H and O–H groups in total. The fourth-order valence-corrected chi connectivity index (χ4v) is 2.34. The van der Waals surface area contributed by atoms with E-state index in [1.807, 2.05) is 11.7 Å². The highest BCUT2D eigenvalue weighted by atomic mass is 16.5. The molecular weight excluding hydrogens is 216 g/mol. The van der Waals surface area contributed by atoms with Crippen LogP contribution in [0.3, 0.4) is 0 Å². The zero-order valence-corrected chi connectivity index (χ0v) is 10.7. The minimum atomic E-state index is 0.512. The van der Waals surface area contributed by atoms with E-state index in [1.54, 1.807) is 6.33 Å². The molecule has 0 bridgehead atoms. The van der Waals surface area contributed by atoms with Crippen LogP contribution in [0.5, 0.6) is 0 Å². The third kappa shape index (κ3) is 3.26. The maximum absolute atomic E-state index is 5.58. The van der Waals surface area contributed by atoms with Crippen molar-refractivity contribution in [2.75, 3.05) is 19.8 Å². The highest BCUT2D eigenvalue weighted by Gasteiger charge is 2.26. The van der Waals surface area contributed by atoms with Crippen molar-refractivity contribution in [1.29, 1.82) is 0 Å². The molecule has 1 aliphatic heterocycles. The van der Waals surface area contributed by atoms with Crippen molar-refractivity contribution < 1.29 is 4.74 Å². The van der Waals surface area contributed by atoms with Gasteiger partial charge in [-0.05, 0) is 19.4 Å². The van der Waals surface area contributed by atoms with Gasteiger partial charge < -0.3 is 10.1 Å². The summed E-state index contributed by atoms with van der Waals surface area (Å²) in [5.41, 5.74) is 0. The number of hydrogen-bond acceptors (Lipinski definition) is 4. The van der Waals surface area contributed by atoms with Gasteiger partial charge in [0.25, 0.3) is 0 Å². The lowest BCUT2D eigenvalue weighted by Crippen LogP contribution is -2.44. The molecule has 17 heavy (non-hydrogen) atoms. The standard InChI is InChI=1S/C12H22N4O/c1-3-5-13-11-4-6-17-8-10(11)7-12-14-9-15-16(12)2/h9-11,13H,3-8H2,1-2H3. The van der Waals surface area contributed by atoms with Gasteiger partial charge in [-0.15, -0.1) is 0 Å². The second-order valence-corrected chi connectivity index (χ2v) is 4.69. The molecule has 0 radical (unpaired) electrons. The fourth-order valence-electron chi connectivity index (χ4n) is 2.34. The smallest absolute Gasteiger partial charge is 0.138 e. The molecule has 5 nitrogen and oxygen atoms in total. The molecule has 1 saturated heterocycles. The lowest BCUT2D eigenvalue weighted by atomic mass is 9.92. The van der Waals surface area contributed by atoms with Crippen LogP contribution in [0.2, 0.25) is 0 Å². The van der Waals surface area contributed by atoms with Gasteiger partial charge in [0.15, 0.2) is 0 Å². The third-order valence-electron chi connectivity index (χ3n) is 3.38. The van der Waals surface area contributed by atoms with Crippen LogP contribution in [0.25, 0.3) is 0 Å². The van der Waals surface area contributed by atoms with Gasteiger partial charge in [0.2, 0.25) is 0 Å². The monoisotopic (exact) mass is 238 g/mol. The van der Waals surface area contributed by atoms with Gasteiger partial charge in [-0.3, -0.25) is 4.68 Å². The predicted molar refractivity (Wildman–Crippen MR) is 65.7 cm³/mol. The highest BCUT2D eigenvalue weighted by molar-refractivity contribution is 4.91. The Morgan fingerprint density at radius 1 is 1.59 bits per heavy atom. The molecule has 2 heterocycles. The molecule has 96 valence electrons. The van der Waals surface area contributed by atoms with Crippen LogP contribution >= 0.6 is 0 Å². The van der Waals surface area contributed by atoms with E-state index >= 15 is 0 Å². The summed E-state index contributed by atoms with van der Waals surface area (Å²) in [6.45, 7) is 4.98. The van der Waals surface area contributed by atoms with Crippen LogP contribution < -0.4 is 5.32 Å². The Morgan fingerprint density at radius 3 is 3.18 bits per heavy atom. The first-order valence-electron chi connectivity index (χ1n) is 6.45. The summed E-state index contributed by atoms with van der Waals surface area (Å²) in [6.07, 6.45) is 4.84. The fraction of sp³-hybridized carbons (Fsp3) is 0.833. The van der Waals surface area contributed by atoms with Gasteiger partial charge in [0.1, 0.15) is 12.2 Å². The molecule has 1 aliphatic rings. The van der Waals surface area contributed by atoms with E-state index in [2.05, 4.69) is 22.3 Å². The number of nitrogens with zero attached hydrogens (tertiary/aromatic N) is 3. The number of hydrogen-bond donors (Lipinski definition) is 1. The Hall–Kier alpha value is -0.940. The zero-order valence-electron chi connectivity index (χ0n) is 10.7. The van der Waals surface area contributed by atoms with Crippen molar-refractivity contribution in [3.8, 4) is 0 Å². The lowest BCUT2D eigenvalue weighted by molar-refractivity contribution is 0.0312. The first-order chi connectivity index (χ1) is 8.31. The van der Waals surface area contributed by atoms with E-state index in [1.165, 1.54) is 6.42 Å². The molecule has 0 aliphatic carbocycles. The molecule has 2 unspecified atom stereocenters. The van der Waals surface area contributed by atoms with E-state index < -0.39 is 0 Å². The molecule has 1 aromatic rings. The van der Waals surface area contributed by atoms with E-state index in [0.29, 0.717) is 12.0 Å². The van der Waals surface area contributed by atoms with E-state index in [-0.39, 0.29) is 0 Å². The average molecular weight is 238 g/mol. The molecule has 0 saturated carbocycles. The highest BCUT2D eigenvalue weighted by Crippen LogP contribution is 2.18. The summed E-state index contributed by atoms with van der Waals surface area (Å²) in [5, 5.41) is 7.73. The van der Waals surface area contributed by atoms with Crippen LogP contribution in [0.15, 0.2) is 6.33 Å². The van der Waals surface area contributed by atoms with Gasteiger partial charge in [-0.1, -0.05) is 6.92 Å². The Balaban J connectivity index is 1.94. The average Bonchev–Trinajstić information content (AvgIpc) is 2.74. The summed E-state index contributed by atoms with van der Waals surface area (Å²) >= 11 is 0. The molecule has 2 atom stereocenters. The Labute approximate surface area is 103 Å². The quantitative estimate of drug-likeness (QED) is 0.823. The number of rotatable bonds is 5. The summed E-state index contributed by atoms with van der Waals surface area (Å²) in [7, 11) is 1.94. The summed E-state index contributed by atoms with van der Waals surface area (Å²) in [5.74, 6) is 1.56.